The van der Waals surface area contributed by atoms with Crippen molar-refractivity contribution in [3.05, 3.63) is 64.4 Å². The molecule has 0 radical (unpaired) electrons. The minimum atomic E-state index is -0.299. The van der Waals surface area contributed by atoms with E-state index in [1.54, 1.807) is 16.4 Å². The van der Waals surface area contributed by atoms with Crippen LogP contribution in [0.1, 0.15) is 25.3 Å². The largest absolute Gasteiger partial charge is 0.450 e. The number of nitrogens with one attached hydrogen (secondary N) is 1. The van der Waals surface area contributed by atoms with E-state index in [9.17, 15) is 14.4 Å². The zero-order valence-corrected chi connectivity index (χ0v) is 20.8. The third-order valence-corrected chi connectivity index (χ3v) is 7.42. The van der Waals surface area contributed by atoms with E-state index in [0.717, 1.165) is 22.2 Å². The summed E-state index contributed by atoms with van der Waals surface area (Å²) in [5.74, 6) is 0.509. The minimum Gasteiger partial charge on any atom is -0.450 e. The second kappa shape index (κ2) is 9.38. The Labute approximate surface area is 213 Å². The Balaban J connectivity index is 1.32. The van der Waals surface area contributed by atoms with Gasteiger partial charge in [0, 0.05) is 36.6 Å². The molecule has 9 heteroatoms. The number of benzene rings is 2. The number of nitrogens with zero attached hydrogens (tertiary/aromatic N) is 4. The van der Waals surface area contributed by atoms with Crippen LogP contribution in [0.2, 0.25) is 0 Å². The van der Waals surface area contributed by atoms with Crippen molar-refractivity contribution in [1.29, 1.82) is 0 Å². The van der Waals surface area contributed by atoms with Gasteiger partial charge in [0.2, 0.25) is 5.91 Å². The van der Waals surface area contributed by atoms with Crippen molar-refractivity contribution in [3.63, 3.8) is 0 Å². The molecule has 1 N–H and O–H groups in total. The molecule has 37 heavy (non-hydrogen) atoms. The molecule has 0 aliphatic carbocycles. The highest BCUT2D eigenvalue weighted by molar-refractivity contribution is 5.94. The van der Waals surface area contributed by atoms with Gasteiger partial charge in [-0.15, -0.1) is 0 Å². The van der Waals surface area contributed by atoms with Crippen molar-refractivity contribution in [3.8, 4) is 11.5 Å². The van der Waals surface area contributed by atoms with Gasteiger partial charge in [-0.1, -0.05) is 30.3 Å². The lowest BCUT2D eigenvalue weighted by Crippen LogP contribution is -2.47. The van der Waals surface area contributed by atoms with E-state index < -0.39 is 0 Å². The van der Waals surface area contributed by atoms with Gasteiger partial charge in [-0.25, -0.2) is 9.78 Å². The van der Waals surface area contributed by atoms with Gasteiger partial charge in [-0.05, 0) is 49.9 Å². The molecule has 1 fully saturated rings. The third-order valence-electron chi connectivity index (χ3n) is 7.42. The summed E-state index contributed by atoms with van der Waals surface area (Å²) >= 11 is 0. The summed E-state index contributed by atoms with van der Waals surface area (Å²) in [6, 6.07) is 15.4. The number of carbonyl (C=O) groups is 2. The number of ether oxygens (including phenoxy) is 1. The van der Waals surface area contributed by atoms with Crippen molar-refractivity contribution in [2.24, 2.45) is 0 Å². The molecule has 4 heterocycles. The summed E-state index contributed by atoms with van der Waals surface area (Å²) < 4.78 is 8.83. The maximum Gasteiger partial charge on any atom is 0.409 e. The Morgan fingerprint density at radius 3 is 2.54 bits per heavy atom. The van der Waals surface area contributed by atoms with Crippen LogP contribution in [-0.4, -0.2) is 56.8 Å². The van der Waals surface area contributed by atoms with Gasteiger partial charge in [-0.2, -0.15) is 0 Å². The number of piperidine rings is 1. The number of amides is 2. The van der Waals surface area contributed by atoms with E-state index in [4.69, 9.17) is 9.72 Å². The second-order valence-corrected chi connectivity index (χ2v) is 9.62. The van der Waals surface area contributed by atoms with E-state index in [2.05, 4.69) is 11.4 Å². The first kappa shape index (κ1) is 23.3. The van der Waals surface area contributed by atoms with Gasteiger partial charge in [0.25, 0.3) is 5.56 Å². The Hall–Kier alpha value is -4.14. The highest BCUT2D eigenvalue weighted by Gasteiger charge is 2.29. The Bertz CT molecular complexity index is 1580. The van der Waals surface area contributed by atoms with Crippen molar-refractivity contribution >= 4 is 33.8 Å². The second-order valence-electron chi connectivity index (χ2n) is 9.62. The topological polar surface area (TPSA) is 98.5 Å². The molecule has 0 unspecified atom stereocenters. The molecule has 2 aromatic heterocycles. The van der Waals surface area contributed by atoms with Gasteiger partial charge in [-0.3, -0.25) is 14.2 Å². The van der Waals surface area contributed by atoms with E-state index in [1.165, 1.54) is 0 Å². The van der Waals surface area contributed by atoms with E-state index in [1.807, 2.05) is 47.0 Å². The Kier molecular flexibility index (Phi) is 5.90. The smallest absolute Gasteiger partial charge is 0.409 e. The van der Waals surface area contributed by atoms with Crippen LogP contribution in [0.3, 0.4) is 0 Å². The molecule has 1 saturated heterocycles. The first-order chi connectivity index (χ1) is 18.0. The summed E-state index contributed by atoms with van der Waals surface area (Å²) in [5.41, 5.74) is 3.51. The molecule has 4 aromatic rings. The molecule has 2 aliphatic rings. The molecule has 0 bridgehead atoms. The lowest BCUT2D eigenvalue weighted by atomic mass is 10.0. The monoisotopic (exact) mass is 499 g/mol. The Morgan fingerprint density at radius 1 is 1.03 bits per heavy atom. The quantitative estimate of drug-likeness (QED) is 0.465. The fraction of sp³-hybridized carbons (Fsp3) is 0.357. The van der Waals surface area contributed by atoms with Crippen LogP contribution in [0.25, 0.3) is 33.3 Å². The molecule has 0 atom stereocenters. The Morgan fingerprint density at radius 2 is 1.76 bits per heavy atom. The van der Waals surface area contributed by atoms with Crippen molar-refractivity contribution in [2.75, 3.05) is 19.7 Å². The third kappa shape index (κ3) is 4.04. The molecular formula is C28H29N5O4. The van der Waals surface area contributed by atoms with Crippen LogP contribution in [0.4, 0.5) is 4.79 Å². The zero-order chi connectivity index (χ0) is 25.5. The van der Waals surface area contributed by atoms with Crippen molar-refractivity contribution < 1.29 is 14.3 Å². The fourth-order valence-electron chi connectivity index (χ4n) is 5.67. The molecule has 2 aliphatic heterocycles. The van der Waals surface area contributed by atoms with Crippen LogP contribution >= 0.6 is 0 Å². The summed E-state index contributed by atoms with van der Waals surface area (Å²) in [4.78, 5) is 45.2. The van der Waals surface area contributed by atoms with E-state index >= 15 is 0 Å². The number of aromatic nitrogens is 3. The van der Waals surface area contributed by atoms with E-state index in [0.29, 0.717) is 62.2 Å². The summed E-state index contributed by atoms with van der Waals surface area (Å²) in [7, 11) is 0. The van der Waals surface area contributed by atoms with Crippen LogP contribution in [0.15, 0.2) is 53.3 Å². The van der Waals surface area contributed by atoms with Gasteiger partial charge in [0.1, 0.15) is 6.54 Å². The average Bonchev–Trinajstić information content (AvgIpc) is 3.23. The highest BCUT2D eigenvalue weighted by atomic mass is 16.6. The van der Waals surface area contributed by atoms with Gasteiger partial charge in [0.05, 0.1) is 23.2 Å². The maximum absolute atomic E-state index is 13.3. The molecule has 2 aromatic carbocycles. The molecule has 0 spiro atoms. The number of hydrogen-bond acceptors (Lipinski definition) is 5. The minimum absolute atomic E-state index is 0.00666. The number of rotatable bonds is 4. The molecule has 2 amide bonds. The number of hydrogen-bond donors (Lipinski definition) is 1. The van der Waals surface area contributed by atoms with Crippen molar-refractivity contribution in [2.45, 2.75) is 45.3 Å². The predicted molar refractivity (Wildman–Crippen MR) is 140 cm³/mol. The first-order valence-corrected chi connectivity index (χ1v) is 12.9. The lowest BCUT2D eigenvalue weighted by molar-refractivity contribution is -0.122. The van der Waals surface area contributed by atoms with Gasteiger partial charge in [0.15, 0.2) is 5.82 Å². The van der Waals surface area contributed by atoms with E-state index in [-0.39, 0.29) is 30.1 Å². The fourth-order valence-corrected chi connectivity index (χ4v) is 5.67. The number of aryl methyl sites for hydroxylation is 1. The number of carbonyl (C=O) groups excluding carboxylic acids is 2. The first-order valence-electron chi connectivity index (χ1n) is 12.9. The standard InChI is InChI=1S/C28H29N5O4/c1-2-37-28(36)31-14-11-18(12-15-31)29-24(34)17-33-23-10-6-4-7-19(23)20-13-16-32-26(25(20)33)30-22-9-5-3-8-21(22)27(32)35/h3-10,18H,2,11-17H2,1H3,(H,29,34). The molecule has 0 saturated carbocycles. The number of para-hydroxylation sites is 2. The van der Waals surface area contributed by atoms with Crippen LogP contribution in [0, 0.1) is 0 Å². The van der Waals surface area contributed by atoms with Gasteiger partial charge < -0.3 is 19.5 Å². The van der Waals surface area contributed by atoms with Crippen LogP contribution in [-0.2, 0) is 29.0 Å². The van der Waals surface area contributed by atoms with Crippen molar-refractivity contribution in [1.82, 2.24) is 24.3 Å². The molecular weight excluding hydrogens is 470 g/mol. The predicted octanol–water partition coefficient (Wildman–Crippen LogP) is 3.31. The zero-order valence-electron chi connectivity index (χ0n) is 20.8. The normalized spacial score (nSPS) is 15.4. The SMILES string of the molecule is CCOC(=O)N1CCC(NC(=O)Cn2c3c(c4ccccc42)CCn2c-3nc3ccccc3c2=O)CC1. The molecule has 6 rings (SSSR count). The average molecular weight is 500 g/mol. The van der Waals surface area contributed by atoms with Crippen LogP contribution in [0.5, 0.6) is 0 Å². The highest BCUT2D eigenvalue weighted by Crippen LogP contribution is 2.36. The summed E-state index contributed by atoms with van der Waals surface area (Å²) in [6.07, 6.45) is 1.76. The summed E-state index contributed by atoms with van der Waals surface area (Å²) in [6.45, 7) is 3.93. The van der Waals surface area contributed by atoms with Crippen LogP contribution < -0.4 is 10.9 Å². The number of fused-ring (bicyclic) bond motifs is 6. The maximum atomic E-state index is 13.3. The van der Waals surface area contributed by atoms with Gasteiger partial charge >= 0.3 is 6.09 Å². The molecule has 9 nitrogen and oxygen atoms in total. The summed E-state index contributed by atoms with van der Waals surface area (Å²) in [5, 5.41) is 4.84. The lowest BCUT2D eigenvalue weighted by Gasteiger charge is -2.31. The molecule has 190 valence electrons. The number of likely N-dealkylation sites (tertiary alicyclic amines) is 1.